The van der Waals surface area contributed by atoms with Crippen molar-refractivity contribution in [1.82, 2.24) is 0 Å². The molecule has 116 valence electrons. The maximum absolute atomic E-state index is 2.34. The van der Waals surface area contributed by atoms with Gasteiger partial charge in [0, 0.05) is 0 Å². The average Bonchev–Trinajstić information content (AvgIpc) is 2.64. The molecule has 0 heterocycles. The number of benzene rings is 4. The van der Waals surface area contributed by atoms with Gasteiger partial charge in [-0.15, -0.1) is 0 Å². The Morgan fingerprint density at radius 3 is 2.00 bits per heavy atom. The Hall–Kier alpha value is -1.55. The van der Waals surface area contributed by atoms with Crippen LogP contribution in [-0.4, -0.2) is 35.9 Å². The molecule has 0 N–H and O–H groups in total. The van der Waals surface area contributed by atoms with Gasteiger partial charge < -0.3 is 0 Å². The van der Waals surface area contributed by atoms with Crippen molar-refractivity contribution in [2.45, 2.75) is 0 Å². The number of hydrogen-bond acceptors (Lipinski definition) is 0. The molecule has 0 amide bonds. The first-order chi connectivity index (χ1) is 11.9. The Morgan fingerprint density at radius 2 is 1.25 bits per heavy atom. The Balaban J connectivity index is 1.79. The summed E-state index contributed by atoms with van der Waals surface area (Å²) in [4.78, 5) is 0. The maximum atomic E-state index is 2.34. The van der Waals surface area contributed by atoms with E-state index in [0.29, 0.717) is 15.0 Å². The first kappa shape index (κ1) is 15.9. The van der Waals surface area contributed by atoms with Gasteiger partial charge in [-0.05, 0) is 0 Å². The molecule has 4 aromatic rings. The second kappa shape index (κ2) is 7.56. The normalized spacial score (nSPS) is 10.8. The van der Waals surface area contributed by atoms with Crippen LogP contribution in [-0.2, 0) is 0 Å². The summed E-state index contributed by atoms with van der Waals surface area (Å²) in [6, 6.07) is 35.4. The zero-order valence-corrected chi connectivity index (χ0v) is 17.1. The summed E-state index contributed by atoms with van der Waals surface area (Å²) >= 11 is -0.0165. The predicted molar refractivity (Wildman–Crippen MR) is 107 cm³/mol. The predicted octanol–water partition coefficient (Wildman–Crippen LogP) is 2.15. The zero-order valence-electron chi connectivity index (χ0n) is 13.1. The van der Waals surface area contributed by atoms with Gasteiger partial charge in [0.15, 0.2) is 0 Å². The van der Waals surface area contributed by atoms with Crippen LogP contribution < -0.4 is 16.1 Å². The summed E-state index contributed by atoms with van der Waals surface area (Å²) in [7, 11) is 0. The fourth-order valence-electron chi connectivity index (χ4n) is 2.67. The summed E-state index contributed by atoms with van der Waals surface area (Å²) in [5.41, 5.74) is 0. The SMILES string of the molecule is c1ccc([Se]c2cccc3cccc([Te]c4ccccc4)c23)cc1. The van der Waals surface area contributed by atoms with E-state index in [1.165, 1.54) is 23.3 Å². The third-order valence-electron chi connectivity index (χ3n) is 3.77. The molecule has 0 aromatic heterocycles. The van der Waals surface area contributed by atoms with Gasteiger partial charge in [0.05, 0.1) is 0 Å². The molecule has 0 bridgehead atoms. The molecule has 2 heteroatoms. The van der Waals surface area contributed by atoms with Crippen molar-refractivity contribution in [2.75, 3.05) is 0 Å². The van der Waals surface area contributed by atoms with Gasteiger partial charge in [-0.3, -0.25) is 0 Å². The van der Waals surface area contributed by atoms with E-state index >= 15 is 0 Å². The second-order valence-electron chi connectivity index (χ2n) is 5.44. The van der Waals surface area contributed by atoms with E-state index in [1.54, 1.807) is 3.61 Å². The van der Waals surface area contributed by atoms with Crippen molar-refractivity contribution in [3.8, 4) is 0 Å². The van der Waals surface area contributed by atoms with Crippen molar-refractivity contribution < 1.29 is 0 Å². The third-order valence-corrected chi connectivity index (χ3v) is 9.06. The van der Waals surface area contributed by atoms with Crippen LogP contribution in [0.4, 0.5) is 0 Å². The Bertz CT molecular complexity index is 873. The van der Waals surface area contributed by atoms with Gasteiger partial charge in [0.25, 0.3) is 0 Å². The molecule has 0 aliphatic rings. The minimum absolute atomic E-state index is 0.348. The summed E-state index contributed by atoms with van der Waals surface area (Å²) in [5, 5.41) is 2.87. The van der Waals surface area contributed by atoms with E-state index in [-0.39, 0.29) is 20.9 Å². The van der Waals surface area contributed by atoms with Crippen molar-refractivity contribution in [3.63, 3.8) is 0 Å². The standard InChI is InChI=1S/C22H16SeTe/c1-3-11-18(12-4-1)23-20-15-7-9-17-10-8-16-21(22(17)20)24-19-13-5-2-6-14-19/h1-16H. The molecule has 0 radical (unpaired) electrons. The van der Waals surface area contributed by atoms with Crippen LogP contribution >= 0.6 is 0 Å². The number of rotatable bonds is 4. The molecule has 0 saturated heterocycles. The van der Waals surface area contributed by atoms with Gasteiger partial charge in [-0.25, -0.2) is 0 Å². The van der Waals surface area contributed by atoms with Gasteiger partial charge in [0.1, 0.15) is 0 Å². The molecule has 0 atom stereocenters. The van der Waals surface area contributed by atoms with E-state index in [2.05, 4.69) is 97.1 Å². The molecule has 0 saturated carbocycles. The molecule has 4 rings (SSSR count). The van der Waals surface area contributed by atoms with Crippen LogP contribution in [0.3, 0.4) is 0 Å². The van der Waals surface area contributed by atoms with Crippen LogP contribution in [0.5, 0.6) is 0 Å². The van der Waals surface area contributed by atoms with Crippen LogP contribution in [0.1, 0.15) is 0 Å². The summed E-state index contributed by atoms with van der Waals surface area (Å²) in [6.07, 6.45) is 0. The quantitative estimate of drug-likeness (QED) is 0.388. The van der Waals surface area contributed by atoms with Crippen molar-refractivity contribution >= 4 is 62.8 Å². The summed E-state index contributed by atoms with van der Waals surface area (Å²) in [5.74, 6) is 0. The molecule has 4 aromatic carbocycles. The molecule has 0 fully saturated rings. The van der Waals surface area contributed by atoms with Gasteiger partial charge >= 0.3 is 160 Å². The van der Waals surface area contributed by atoms with E-state index in [1.807, 2.05) is 0 Å². The van der Waals surface area contributed by atoms with Gasteiger partial charge in [0.2, 0.25) is 0 Å². The van der Waals surface area contributed by atoms with Gasteiger partial charge in [-0.2, -0.15) is 0 Å². The van der Waals surface area contributed by atoms with Crippen LogP contribution in [0.15, 0.2) is 97.1 Å². The van der Waals surface area contributed by atoms with Crippen LogP contribution in [0.2, 0.25) is 0 Å². The van der Waals surface area contributed by atoms with E-state index in [0.717, 1.165) is 0 Å². The fourth-order valence-corrected chi connectivity index (χ4v) is 8.20. The van der Waals surface area contributed by atoms with E-state index in [4.69, 9.17) is 0 Å². The van der Waals surface area contributed by atoms with Crippen molar-refractivity contribution in [1.29, 1.82) is 0 Å². The Labute approximate surface area is 159 Å². The molecule has 0 aliphatic heterocycles. The van der Waals surface area contributed by atoms with Crippen molar-refractivity contribution in [2.24, 2.45) is 0 Å². The second-order valence-corrected chi connectivity index (χ2v) is 11.0. The zero-order chi connectivity index (χ0) is 16.2. The molecule has 24 heavy (non-hydrogen) atoms. The number of hydrogen-bond donors (Lipinski definition) is 0. The summed E-state index contributed by atoms with van der Waals surface area (Å²) < 4.78 is 5.99. The van der Waals surface area contributed by atoms with Crippen LogP contribution in [0, 0.1) is 0 Å². The first-order valence-corrected chi connectivity index (χ1v) is 11.9. The first-order valence-electron chi connectivity index (χ1n) is 7.88. The molecule has 0 spiro atoms. The monoisotopic (exact) mass is 490 g/mol. The fraction of sp³-hybridized carbons (Fsp3) is 0. The molecule has 0 nitrogen and oxygen atoms in total. The molecular weight excluding hydrogens is 471 g/mol. The minimum atomic E-state index is -0.364. The Kier molecular flexibility index (Phi) is 5.02. The number of fused-ring (bicyclic) bond motifs is 1. The van der Waals surface area contributed by atoms with Gasteiger partial charge in [-0.1, -0.05) is 0 Å². The molecule has 0 unspecified atom stereocenters. The third kappa shape index (κ3) is 3.59. The average molecular weight is 487 g/mol. The summed E-state index contributed by atoms with van der Waals surface area (Å²) in [6.45, 7) is 0. The molecule has 0 aliphatic carbocycles. The van der Waals surface area contributed by atoms with Crippen LogP contribution in [0.25, 0.3) is 10.8 Å². The van der Waals surface area contributed by atoms with Crippen molar-refractivity contribution in [3.05, 3.63) is 97.1 Å². The Morgan fingerprint density at radius 1 is 0.583 bits per heavy atom. The van der Waals surface area contributed by atoms with E-state index in [9.17, 15) is 0 Å². The topological polar surface area (TPSA) is 0 Å². The molecular formula is C22H16SeTe. The van der Waals surface area contributed by atoms with E-state index < -0.39 is 0 Å².